The van der Waals surface area contributed by atoms with E-state index in [-0.39, 0.29) is 16.8 Å². The number of rotatable bonds is 0. The van der Waals surface area contributed by atoms with Gasteiger partial charge in [-0.25, -0.2) is 0 Å². The van der Waals surface area contributed by atoms with Crippen molar-refractivity contribution in [2.45, 2.75) is 73.6 Å². The van der Waals surface area contributed by atoms with Crippen molar-refractivity contribution >= 4 is 16.8 Å². The van der Waals surface area contributed by atoms with Gasteiger partial charge in [-0.2, -0.15) is 0 Å². The molecule has 0 bridgehead atoms. The summed E-state index contributed by atoms with van der Waals surface area (Å²) >= 11 is 0. The van der Waals surface area contributed by atoms with E-state index in [1.807, 2.05) is 0 Å². The largest absolute Gasteiger partial charge is 0.389 e. The summed E-state index contributed by atoms with van der Waals surface area (Å²) in [4.78, 5) is 0. The van der Waals surface area contributed by atoms with E-state index in [0.717, 1.165) is 0 Å². The minimum atomic E-state index is -1.21. The molecule has 2 rings (SSSR count). The Hall–Kier alpha value is -0.270. The van der Waals surface area contributed by atoms with E-state index in [1.165, 1.54) is 0 Å². The van der Waals surface area contributed by atoms with Crippen LogP contribution in [-0.2, 0) is 0 Å². The SMILES string of the molecule is NC1CC(N)C(O)C(O)C1O.NC1CC(N)C(O)C(O)C1O.[B].[B]. The molecule has 10 nitrogen and oxygen atoms in total. The molecule has 2 saturated carbocycles. The van der Waals surface area contributed by atoms with Gasteiger partial charge in [-0.1, -0.05) is 0 Å². The maximum Gasteiger partial charge on any atom is 0.109 e. The van der Waals surface area contributed by atoms with E-state index in [9.17, 15) is 0 Å². The Morgan fingerprint density at radius 1 is 0.417 bits per heavy atom. The molecule has 8 unspecified atom stereocenters. The van der Waals surface area contributed by atoms with Gasteiger partial charge in [0.15, 0.2) is 0 Å². The zero-order valence-electron chi connectivity index (χ0n) is 13.3. The first-order valence-electron chi connectivity index (χ1n) is 7.18. The van der Waals surface area contributed by atoms with Crippen molar-refractivity contribution in [2.24, 2.45) is 22.9 Å². The molecule has 12 heteroatoms. The summed E-state index contributed by atoms with van der Waals surface area (Å²) in [6.45, 7) is 0. The minimum Gasteiger partial charge on any atom is -0.389 e. The fourth-order valence-electron chi connectivity index (χ4n) is 2.60. The zero-order chi connectivity index (χ0) is 17.2. The lowest BCUT2D eigenvalue weighted by atomic mass is 9.85. The molecule has 24 heavy (non-hydrogen) atoms. The third-order valence-corrected chi connectivity index (χ3v) is 4.24. The third-order valence-electron chi connectivity index (χ3n) is 4.24. The minimum absolute atomic E-state index is 0. The average molecular weight is 346 g/mol. The first-order valence-corrected chi connectivity index (χ1v) is 7.18. The lowest BCUT2D eigenvalue weighted by molar-refractivity contribution is -0.100. The van der Waals surface area contributed by atoms with Crippen molar-refractivity contribution in [3.05, 3.63) is 0 Å². The highest BCUT2D eigenvalue weighted by Gasteiger charge is 2.40. The van der Waals surface area contributed by atoms with Gasteiger partial charge in [0.05, 0.1) is 24.4 Å². The maximum atomic E-state index is 9.14. The average Bonchev–Trinajstić information content (AvgIpc) is 2.47. The number of nitrogens with two attached hydrogens (primary N) is 4. The fraction of sp³-hybridized carbons (Fsp3) is 1.00. The maximum absolute atomic E-state index is 9.14. The topological polar surface area (TPSA) is 225 Å². The van der Waals surface area contributed by atoms with E-state index in [4.69, 9.17) is 53.6 Å². The standard InChI is InChI=1S/2C6H14N2O3.2B/c2*7-2-1-3(8)5(10)6(11)4(2)9;;/h2*2-6,9-11H,1,7-8H2;;. The second-order valence-electron chi connectivity index (χ2n) is 6.07. The van der Waals surface area contributed by atoms with Crippen LogP contribution < -0.4 is 22.9 Å². The Kier molecular flexibility index (Phi) is 11.5. The van der Waals surface area contributed by atoms with Crippen LogP contribution in [0.15, 0.2) is 0 Å². The number of aliphatic hydroxyl groups is 6. The van der Waals surface area contributed by atoms with Crippen LogP contribution in [0.2, 0.25) is 0 Å². The molecule has 2 fully saturated rings. The van der Waals surface area contributed by atoms with Crippen LogP contribution in [0.4, 0.5) is 0 Å². The Labute approximate surface area is 145 Å². The Bertz CT molecular complexity index is 302. The van der Waals surface area contributed by atoms with Gasteiger partial charge in [0.1, 0.15) is 12.2 Å². The lowest BCUT2D eigenvalue weighted by Gasteiger charge is -2.37. The molecule has 2 aliphatic carbocycles. The Balaban J connectivity index is 0. The van der Waals surface area contributed by atoms with Gasteiger partial charge >= 0.3 is 0 Å². The molecule has 0 heterocycles. The van der Waals surface area contributed by atoms with Gasteiger partial charge in [0.25, 0.3) is 0 Å². The van der Waals surface area contributed by atoms with Crippen LogP contribution in [0.25, 0.3) is 0 Å². The van der Waals surface area contributed by atoms with Gasteiger partial charge in [-0.05, 0) is 12.8 Å². The third kappa shape index (κ3) is 5.92. The second-order valence-corrected chi connectivity index (χ2v) is 6.07. The van der Waals surface area contributed by atoms with Gasteiger partial charge in [-0.15, -0.1) is 0 Å². The van der Waals surface area contributed by atoms with Crippen molar-refractivity contribution < 1.29 is 30.6 Å². The summed E-state index contributed by atoms with van der Waals surface area (Å²) in [6.07, 6.45) is -6.02. The predicted molar refractivity (Wildman–Crippen MR) is 88.7 cm³/mol. The van der Waals surface area contributed by atoms with Crippen molar-refractivity contribution in [3.8, 4) is 0 Å². The van der Waals surface area contributed by atoms with Crippen molar-refractivity contribution in [1.82, 2.24) is 0 Å². The van der Waals surface area contributed by atoms with Gasteiger partial charge < -0.3 is 53.6 Å². The molecule has 8 atom stereocenters. The summed E-state index contributed by atoms with van der Waals surface area (Å²) in [5, 5.41) is 54.8. The Morgan fingerprint density at radius 3 is 0.750 bits per heavy atom. The van der Waals surface area contributed by atoms with E-state index in [2.05, 4.69) is 0 Å². The first kappa shape index (κ1) is 26.0. The molecular weight excluding hydrogens is 318 g/mol. The molecule has 0 aliphatic heterocycles. The van der Waals surface area contributed by atoms with Crippen molar-refractivity contribution in [2.75, 3.05) is 0 Å². The van der Waals surface area contributed by atoms with Gasteiger partial charge in [-0.3, -0.25) is 0 Å². The summed E-state index contributed by atoms with van der Waals surface area (Å²) in [5.74, 6) is 0. The summed E-state index contributed by atoms with van der Waals surface area (Å²) in [5.41, 5.74) is 21.7. The van der Waals surface area contributed by atoms with E-state index in [1.54, 1.807) is 0 Å². The van der Waals surface area contributed by atoms with Crippen LogP contribution in [0.3, 0.4) is 0 Å². The van der Waals surface area contributed by atoms with Crippen LogP contribution >= 0.6 is 0 Å². The summed E-state index contributed by atoms with van der Waals surface area (Å²) in [6, 6.07) is -2.15. The summed E-state index contributed by atoms with van der Waals surface area (Å²) < 4.78 is 0. The molecule has 0 amide bonds. The molecule has 0 saturated heterocycles. The molecule has 0 aromatic heterocycles. The normalized spacial score (nSPS) is 48.2. The molecule has 138 valence electrons. The van der Waals surface area contributed by atoms with Crippen LogP contribution in [-0.4, -0.2) is 108 Å². The molecule has 0 aromatic rings. The number of hydrogen-bond acceptors (Lipinski definition) is 10. The molecule has 14 N–H and O–H groups in total. The van der Waals surface area contributed by atoms with Gasteiger partial charge in [0.2, 0.25) is 0 Å². The smallest absolute Gasteiger partial charge is 0.109 e. The predicted octanol–water partition coefficient (Wildman–Crippen LogP) is -6.51. The second kappa shape index (κ2) is 10.7. The van der Waals surface area contributed by atoms with E-state index in [0.29, 0.717) is 12.8 Å². The van der Waals surface area contributed by atoms with Crippen LogP contribution in [0, 0.1) is 0 Å². The van der Waals surface area contributed by atoms with Gasteiger partial charge in [0, 0.05) is 41.0 Å². The van der Waals surface area contributed by atoms with E-state index >= 15 is 0 Å². The van der Waals surface area contributed by atoms with E-state index < -0.39 is 60.8 Å². The van der Waals surface area contributed by atoms with Crippen molar-refractivity contribution in [3.63, 3.8) is 0 Å². The zero-order valence-corrected chi connectivity index (χ0v) is 13.3. The molecule has 0 aromatic carbocycles. The fourth-order valence-corrected chi connectivity index (χ4v) is 2.60. The quantitative estimate of drug-likeness (QED) is 0.187. The monoisotopic (exact) mass is 346 g/mol. The lowest BCUT2D eigenvalue weighted by Crippen LogP contribution is -2.61. The first-order chi connectivity index (χ1) is 10.1. The number of hydrogen-bond donors (Lipinski definition) is 10. The van der Waals surface area contributed by atoms with Crippen LogP contribution in [0.5, 0.6) is 0 Å². The molecular formula is C12H28B2N4O6. The van der Waals surface area contributed by atoms with Crippen molar-refractivity contribution in [1.29, 1.82) is 0 Å². The highest BCUT2D eigenvalue weighted by molar-refractivity contribution is 5.76. The summed E-state index contributed by atoms with van der Waals surface area (Å²) in [7, 11) is 0. The molecule has 0 spiro atoms. The van der Waals surface area contributed by atoms with Crippen LogP contribution in [0.1, 0.15) is 12.8 Å². The Morgan fingerprint density at radius 2 is 0.583 bits per heavy atom. The number of aliphatic hydroxyl groups excluding tert-OH is 6. The highest BCUT2D eigenvalue weighted by atomic mass is 16.4. The molecule has 2 aliphatic rings. The molecule has 6 radical (unpaired) electrons. The highest BCUT2D eigenvalue weighted by Crippen LogP contribution is 2.18.